The number of piperidine rings is 1. The number of furan rings is 1. The van der Waals surface area contributed by atoms with Crippen LogP contribution in [0.1, 0.15) is 12.0 Å². The van der Waals surface area contributed by atoms with E-state index in [1.54, 1.807) is 0 Å². The molecule has 4 rings (SSSR count). The van der Waals surface area contributed by atoms with Crippen molar-refractivity contribution in [3.8, 4) is 5.75 Å². The predicted molar refractivity (Wildman–Crippen MR) is 110 cm³/mol. The van der Waals surface area contributed by atoms with E-state index in [9.17, 15) is 26.0 Å². The van der Waals surface area contributed by atoms with E-state index in [2.05, 4.69) is 5.32 Å². The number of ether oxygens (including phenoxy) is 1. The van der Waals surface area contributed by atoms with Crippen LogP contribution in [0, 0.1) is 0 Å². The van der Waals surface area contributed by atoms with E-state index < -0.39 is 38.9 Å². The molecule has 3 aromatic rings. The van der Waals surface area contributed by atoms with Crippen LogP contribution >= 0.6 is 11.8 Å². The van der Waals surface area contributed by atoms with Crippen molar-refractivity contribution in [2.45, 2.75) is 29.8 Å². The van der Waals surface area contributed by atoms with Crippen LogP contribution in [-0.4, -0.2) is 33.8 Å². The molecular formula is C20H17ClF4N2O4S. The molecule has 2 heterocycles. The van der Waals surface area contributed by atoms with Crippen molar-refractivity contribution >= 4 is 38.5 Å². The van der Waals surface area contributed by atoms with Gasteiger partial charge in [-0.1, -0.05) is 12.1 Å². The molecule has 1 fully saturated rings. The number of sulfonamides is 1. The second kappa shape index (κ2) is 8.45. The Bertz CT molecular complexity index is 1230. The van der Waals surface area contributed by atoms with Gasteiger partial charge in [0.25, 0.3) is 10.0 Å². The van der Waals surface area contributed by atoms with Crippen LogP contribution in [0.4, 0.5) is 23.2 Å². The van der Waals surface area contributed by atoms with Crippen LogP contribution < -0.4 is 13.9 Å². The van der Waals surface area contributed by atoms with Crippen LogP contribution in [0.15, 0.2) is 58.0 Å². The normalized spacial score (nSPS) is 19.8. The summed E-state index contributed by atoms with van der Waals surface area (Å²) >= 11 is 6.07. The first-order chi connectivity index (χ1) is 15.1. The molecule has 2 aromatic carbocycles. The highest BCUT2D eigenvalue weighted by Gasteiger charge is 2.39. The topological polar surface area (TPSA) is 71.8 Å². The number of hydrogen-bond acceptors (Lipinski definition) is 5. The molecule has 1 saturated heterocycles. The first kappa shape index (κ1) is 22.7. The molecule has 2 atom stereocenters. The van der Waals surface area contributed by atoms with E-state index >= 15 is 0 Å². The zero-order valence-corrected chi connectivity index (χ0v) is 17.8. The Kier molecular flexibility index (Phi) is 5.99. The number of nitrogens with zero attached hydrogens (tertiary/aromatic N) is 1. The molecule has 1 aromatic heterocycles. The van der Waals surface area contributed by atoms with Crippen LogP contribution in [-0.2, 0) is 16.2 Å². The number of benzene rings is 2. The number of alkyl halides is 4. The lowest BCUT2D eigenvalue weighted by Gasteiger charge is -2.27. The highest BCUT2D eigenvalue weighted by atomic mass is 35.5. The molecule has 0 aliphatic carbocycles. The van der Waals surface area contributed by atoms with Crippen molar-refractivity contribution < 1.29 is 35.1 Å². The van der Waals surface area contributed by atoms with Crippen molar-refractivity contribution in [2.75, 3.05) is 16.9 Å². The number of nitrogens with one attached hydrogen (secondary N) is 1. The minimum absolute atomic E-state index is 0.0296. The summed E-state index contributed by atoms with van der Waals surface area (Å²) in [6.45, 7) is 0.617. The fourth-order valence-electron chi connectivity index (χ4n) is 3.47. The minimum atomic E-state index is -4.91. The molecule has 0 spiro atoms. The predicted octanol–water partition coefficient (Wildman–Crippen LogP) is 4.88. The Morgan fingerprint density at radius 2 is 1.94 bits per heavy atom. The lowest BCUT2D eigenvalue weighted by Crippen LogP contribution is -2.44. The number of hydrogen-bond donors (Lipinski definition) is 1. The lowest BCUT2D eigenvalue weighted by molar-refractivity contribution is -0.139. The van der Waals surface area contributed by atoms with Crippen LogP contribution in [0.5, 0.6) is 5.75 Å². The summed E-state index contributed by atoms with van der Waals surface area (Å²) in [4.78, 5) is -1.00. The average Bonchev–Trinajstić information content (AvgIpc) is 3.23. The fourth-order valence-corrected chi connectivity index (χ4v) is 5.05. The van der Waals surface area contributed by atoms with E-state index in [0.717, 1.165) is 12.1 Å². The largest absolute Gasteiger partial charge is 0.483 e. The summed E-state index contributed by atoms with van der Waals surface area (Å²) in [7, 11) is -4.81. The molecule has 1 aliphatic rings. The maximum Gasteiger partial charge on any atom is 0.417 e. The number of anilines is 1. The Balaban J connectivity index is 1.75. The quantitative estimate of drug-likeness (QED) is 0.406. The third kappa shape index (κ3) is 4.24. The summed E-state index contributed by atoms with van der Waals surface area (Å²) in [6, 6.07) is 7.74. The molecule has 0 bridgehead atoms. The fraction of sp³-hybridized carbons (Fsp3) is 0.300. The van der Waals surface area contributed by atoms with Gasteiger partial charge in [-0.25, -0.2) is 4.39 Å². The maximum absolute atomic E-state index is 14.2. The van der Waals surface area contributed by atoms with Crippen molar-refractivity contribution in [1.29, 1.82) is 0 Å². The van der Waals surface area contributed by atoms with Gasteiger partial charge in [-0.3, -0.25) is 0 Å². The summed E-state index contributed by atoms with van der Waals surface area (Å²) in [5.41, 5.74) is -1.30. The number of rotatable bonds is 5. The van der Waals surface area contributed by atoms with Gasteiger partial charge in [-0.05, 0) is 37.2 Å². The lowest BCUT2D eigenvalue weighted by atomic mass is 10.1. The Morgan fingerprint density at radius 1 is 1.19 bits per heavy atom. The molecule has 1 N–H and O–H groups in total. The van der Waals surface area contributed by atoms with Gasteiger partial charge in [0.15, 0.2) is 11.3 Å². The van der Waals surface area contributed by atoms with Gasteiger partial charge in [0.1, 0.15) is 17.2 Å². The van der Waals surface area contributed by atoms with Gasteiger partial charge < -0.3 is 14.5 Å². The number of halogens is 5. The highest BCUT2D eigenvalue weighted by molar-refractivity contribution is 7.94. The second-order valence-corrected chi connectivity index (χ2v) is 9.46. The zero-order valence-electron chi connectivity index (χ0n) is 16.3. The average molecular weight is 493 g/mol. The standard InChI is InChI=1S/C20H17ClF4N2O4S/c21-27(32(28,29)18-4-2-1-3-14(18)20(23,24)25)13-9-12-6-8-30-19(12)17(10-13)31-16-5-7-26-11-15(16)22/h1-4,6,8-10,15-16,26H,5,7,11H2/t15-,16+/m1/s1. The van der Waals surface area contributed by atoms with Gasteiger partial charge >= 0.3 is 6.18 Å². The Morgan fingerprint density at radius 3 is 2.66 bits per heavy atom. The third-order valence-electron chi connectivity index (χ3n) is 5.01. The first-order valence-corrected chi connectivity index (χ1v) is 11.3. The Labute approximate surface area is 185 Å². The van der Waals surface area contributed by atoms with Crippen molar-refractivity contribution in [3.63, 3.8) is 0 Å². The molecule has 12 heteroatoms. The highest BCUT2D eigenvalue weighted by Crippen LogP contribution is 2.40. The molecule has 0 unspecified atom stereocenters. The van der Waals surface area contributed by atoms with Crippen LogP contribution in [0.25, 0.3) is 11.0 Å². The number of fused-ring (bicyclic) bond motifs is 1. The molecule has 0 radical (unpaired) electrons. The second-order valence-electron chi connectivity index (χ2n) is 7.16. The van der Waals surface area contributed by atoms with Gasteiger partial charge in [-0.2, -0.15) is 25.4 Å². The molecule has 172 valence electrons. The van der Waals surface area contributed by atoms with Crippen molar-refractivity contribution in [1.82, 2.24) is 5.32 Å². The first-order valence-electron chi connectivity index (χ1n) is 9.49. The third-order valence-corrected chi connectivity index (χ3v) is 7.30. The van der Waals surface area contributed by atoms with Gasteiger partial charge in [-0.15, -0.1) is 0 Å². The van der Waals surface area contributed by atoms with Crippen molar-refractivity contribution in [3.05, 3.63) is 54.3 Å². The minimum Gasteiger partial charge on any atom is -0.483 e. The molecular weight excluding hydrogens is 476 g/mol. The van der Waals surface area contributed by atoms with E-state index in [1.165, 1.54) is 30.5 Å². The molecule has 6 nitrogen and oxygen atoms in total. The van der Waals surface area contributed by atoms with E-state index in [4.69, 9.17) is 20.9 Å². The maximum atomic E-state index is 14.2. The summed E-state index contributed by atoms with van der Waals surface area (Å²) in [6.07, 6.45) is -5.36. The summed E-state index contributed by atoms with van der Waals surface area (Å²) in [5, 5.41) is 3.27. The summed E-state index contributed by atoms with van der Waals surface area (Å²) in [5.74, 6) is 0.0296. The molecule has 32 heavy (non-hydrogen) atoms. The summed E-state index contributed by atoms with van der Waals surface area (Å²) < 4.78 is 91.7. The smallest absolute Gasteiger partial charge is 0.417 e. The van der Waals surface area contributed by atoms with Crippen molar-refractivity contribution in [2.24, 2.45) is 0 Å². The van der Waals surface area contributed by atoms with Gasteiger partial charge in [0.2, 0.25) is 0 Å². The monoisotopic (exact) mass is 492 g/mol. The van der Waals surface area contributed by atoms with E-state index in [1.807, 2.05) is 0 Å². The molecule has 1 aliphatic heterocycles. The molecule has 0 saturated carbocycles. The zero-order chi connectivity index (χ0) is 23.1. The van der Waals surface area contributed by atoms with Crippen LogP contribution in [0.2, 0.25) is 0 Å². The van der Waals surface area contributed by atoms with Crippen LogP contribution in [0.3, 0.4) is 0 Å². The molecule has 0 amide bonds. The SMILES string of the molecule is O=S(=O)(c1ccccc1C(F)(F)F)N(Cl)c1cc(O[C@H]2CCNC[C@H]2F)c2occc2c1. The Hall–Kier alpha value is -2.50. The van der Waals surface area contributed by atoms with Gasteiger partial charge in [0.05, 0.1) is 17.5 Å². The van der Waals surface area contributed by atoms with E-state index in [-0.39, 0.29) is 27.4 Å². The van der Waals surface area contributed by atoms with Gasteiger partial charge in [0, 0.05) is 29.8 Å². The van der Waals surface area contributed by atoms with E-state index in [0.29, 0.717) is 24.4 Å².